The van der Waals surface area contributed by atoms with Crippen LogP contribution in [-0.2, 0) is 10.0 Å². The van der Waals surface area contributed by atoms with E-state index in [2.05, 4.69) is 13.8 Å². The molecule has 5 nitrogen and oxygen atoms in total. The van der Waals surface area contributed by atoms with Crippen LogP contribution in [0.3, 0.4) is 0 Å². The maximum atomic E-state index is 12.9. The van der Waals surface area contributed by atoms with Gasteiger partial charge >= 0.3 is 0 Å². The standard InChI is InChI=1S/C17H28N2O3S.ClH/c1-13(2)12-22-15-7-9-16(10-8-15)23(20,21)19-11-5-4-6-17(19)14(3)18;/h7-10,13-14,17H,4-6,11-12,18H2,1-3H3;1H. The highest BCUT2D eigenvalue weighted by Gasteiger charge is 2.35. The van der Waals surface area contributed by atoms with E-state index in [1.807, 2.05) is 6.92 Å². The first-order valence-electron chi connectivity index (χ1n) is 8.32. The molecule has 7 heteroatoms. The van der Waals surface area contributed by atoms with Crippen molar-refractivity contribution in [2.24, 2.45) is 11.7 Å². The van der Waals surface area contributed by atoms with Crippen LogP contribution in [0.15, 0.2) is 29.2 Å². The summed E-state index contributed by atoms with van der Waals surface area (Å²) in [5, 5.41) is 0. The van der Waals surface area contributed by atoms with Gasteiger partial charge in [0.15, 0.2) is 0 Å². The quantitative estimate of drug-likeness (QED) is 0.828. The molecule has 1 aliphatic rings. The molecule has 138 valence electrons. The number of nitrogens with two attached hydrogens (primary N) is 1. The number of halogens is 1. The lowest BCUT2D eigenvalue weighted by Crippen LogP contribution is -2.51. The Morgan fingerprint density at radius 2 is 1.83 bits per heavy atom. The Hall–Kier alpha value is -0.820. The Balaban J connectivity index is 0.00000288. The summed E-state index contributed by atoms with van der Waals surface area (Å²) in [4.78, 5) is 0.307. The van der Waals surface area contributed by atoms with Crippen LogP contribution < -0.4 is 10.5 Å². The summed E-state index contributed by atoms with van der Waals surface area (Å²) in [5.74, 6) is 1.12. The van der Waals surface area contributed by atoms with Gasteiger partial charge in [0.2, 0.25) is 10.0 Å². The number of hydrogen-bond acceptors (Lipinski definition) is 4. The van der Waals surface area contributed by atoms with E-state index in [4.69, 9.17) is 10.5 Å². The Labute approximate surface area is 152 Å². The molecule has 1 heterocycles. The molecule has 2 atom stereocenters. The van der Waals surface area contributed by atoms with Crippen molar-refractivity contribution >= 4 is 22.4 Å². The minimum Gasteiger partial charge on any atom is -0.493 e. The second kappa shape index (κ2) is 9.04. The first-order valence-corrected chi connectivity index (χ1v) is 9.76. The van der Waals surface area contributed by atoms with E-state index in [0.29, 0.717) is 29.7 Å². The maximum absolute atomic E-state index is 12.9. The molecular weight excluding hydrogens is 348 g/mol. The number of rotatable bonds is 6. The van der Waals surface area contributed by atoms with Gasteiger partial charge in [-0.15, -0.1) is 12.4 Å². The highest BCUT2D eigenvalue weighted by atomic mass is 35.5. The van der Waals surface area contributed by atoms with Crippen LogP contribution in [0.5, 0.6) is 5.75 Å². The lowest BCUT2D eigenvalue weighted by atomic mass is 10.00. The Morgan fingerprint density at radius 3 is 2.38 bits per heavy atom. The zero-order chi connectivity index (χ0) is 17.0. The average molecular weight is 377 g/mol. The topological polar surface area (TPSA) is 72.6 Å². The van der Waals surface area contributed by atoms with Crippen molar-refractivity contribution in [3.63, 3.8) is 0 Å². The van der Waals surface area contributed by atoms with Crippen molar-refractivity contribution < 1.29 is 13.2 Å². The van der Waals surface area contributed by atoms with Crippen LogP contribution in [0.1, 0.15) is 40.0 Å². The summed E-state index contributed by atoms with van der Waals surface area (Å²) in [6, 6.07) is 6.40. The minimum atomic E-state index is -3.51. The molecule has 1 fully saturated rings. The summed E-state index contributed by atoms with van der Waals surface area (Å²) in [6.45, 7) is 7.18. The van der Waals surface area contributed by atoms with Crippen LogP contribution >= 0.6 is 12.4 Å². The summed E-state index contributed by atoms with van der Waals surface area (Å²) >= 11 is 0. The molecule has 1 aromatic carbocycles. The summed E-state index contributed by atoms with van der Waals surface area (Å²) in [5.41, 5.74) is 6.00. The SMILES string of the molecule is CC(C)COc1ccc(S(=O)(=O)N2CCCCC2C(C)N)cc1.Cl. The number of piperidine rings is 1. The van der Waals surface area contributed by atoms with E-state index in [-0.39, 0.29) is 24.5 Å². The number of hydrogen-bond donors (Lipinski definition) is 1. The van der Waals surface area contributed by atoms with Crippen LogP contribution in [0.4, 0.5) is 0 Å². The van der Waals surface area contributed by atoms with E-state index in [9.17, 15) is 8.42 Å². The Morgan fingerprint density at radius 1 is 1.21 bits per heavy atom. The van der Waals surface area contributed by atoms with Gasteiger partial charge in [0, 0.05) is 18.6 Å². The lowest BCUT2D eigenvalue weighted by molar-refractivity contribution is 0.227. The van der Waals surface area contributed by atoms with Crippen molar-refractivity contribution in [2.75, 3.05) is 13.2 Å². The molecule has 24 heavy (non-hydrogen) atoms. The predicted molar refractivity (Wildman–Crippen MR) is 99.2 cm³/mol. The monoisotopic (exact) mass is 376 g/mol. The second-order valence-electron chi connectivity index (χ2n) is 6.71. The number of benzene rings is 1. The Kier molecular flexibility index (Phi) is 7.99. The number of nitrogens with zero attached hydrogens (tertiary/aromatic N) is 1. The van der Waals surface area contributed by atoms with Crippen molar-refractivity contribution in [3.05, 3.63) is 24.3 Å². The van der Waals surface area contributed by atoms with Gasteiger partial charge < -0.3 is 10.5 Å². The van der Waals surface area contributed by atoms with Gasteiger partial charge in [-0.2, -0.15) is 4.31 Å². The van der Waals surface area contributed by atoms with Gasteiger partial charge in [0.05, 0.1) is 11.5 Å². The first-order chi connectivity index (χ1) is 10.8. The molecular formula is C17H29ClN2O3S. The molecule has 1 saturated heterocycles. The molecule has 0 saturated carbocycles. The van der Waals surface area contributed by atoms with Gasteiger partial charge in [-0.05, 0) is 49.9 Å². The third kappa shape index (κ3) is 5.09. The fourth-order valence-corrected chi connectivity index (χ4v) is 4.63. The lowest BCUT2D eigenvalue weighted by Gasteiger charge is -2.36. The molecule has 2 rings (SSSR count). The molecule has 2 N–H and O–H groups in total. The van der Waals surface area contributed by atoms with Crippen LogP contribution in [0, 0.1) is 5.92 Å². The minimum absolute atomic E-state index is 0. The molecule has 2 unspecified atom stereocenters. The summed E-state index contributed by atoms with van der Waals surface area (Å²) in [6.07, 6.45) is 2.74. The van der Waals surface area contributed by atoms with E-state index < -0.39 is 10.0 Å². The van der Waals surface area contributed by atoms with Gasteiger partial charge in [-0.1, -0.05) is 20.3 Å². The normalized spacial score (nSPS) is 20.5. The molecule has 0 amide bonds. The number of sulfonamides is 1. The van der Waals surface area contributed by atoms with Crippen molar-refractivity contribution in [2.45, 2.75) is 57.0 Å². The van der Waals surface area contributed by atoms with Gasteiger partial charge in [0.1, 0.15) is 5.75 Å². The van der Waals surface area contributed by atoms with Crippen molar-refractivity contribution in [3.8, 4) is 5.75 Å². The third-order valence-electron chi connectivity index (χ3n) is 4.12. The summed E-state index contributed by atoms with van der Waals surface area (Å²) in [7, 11) is -3.51. The van der Waals surface area contributed by atoms with Gasteiger partial charge in [-0.3, -0.25) is 0 Å². The molecule has 0 aliphatic carbocycles. The molecule has 1 aromatic rings. The van der Waals surface area contributed by atoms with E-state index in [0.717, 1.165) is 19.3 Å². The fourth-order valence-electron chi connectivity index (χ4n) is 2.86. The zero-order valence-corrected chi connectivity index (χ0v) is 16.3. The van der Waals surface area contributed by atoms with Crippen LogP contribution in [0.2, 0.25) is 0 Å². The van der Waals surface area contributed by atoms with Crippen LogP contribution in [0.25, 0.3) is 0 Å². The van der Waals surface area contributed by atoms with Crippen molar-refractivity contribution in [1.82, 2.24) is 4.31 Å². The molecule has 0 spiro atoms. The predicted octanol–water partition coefficient (Wildman–Crippen LogP) is 3.03. The Bertz CT molecular complexity index is 603. The molecule has 0 bridgehead atoms. The maximum Gasteiger partial charge on any atom is 0.243 e. The largest absolute Gasteiger partial charge is 0.493 e. The van der Waals surface area contributed by atoms with Gasteiger partial charge in [0.25, 0.3) is 0 Å². The van der Waals surface area contributed by atoms with E-state index >= 15 is 0 Å². The second-order valence-corrected chi connectivity index (χ2v) is 8.60. The summed E-state index contributed by atoms with van der Waals surface area (Å²) < 4.78 is 33.0. The van der Waals surface area contributed by atoms with E-state index in [1.54, 1.807) is 28.6 Å². The molecule has 0 aromatic heterocycles. The first kappa shape index (κ1) is 21.2. The zero-order valence-electron chi connectivity index (χ0n) is 14.6. The van der Waals surface area contributed by atoms with E-state index in [1.165, 1.54) is 0 Å². The number of ether oxygens (including phenoxy) is 1. The highest BCUT2D eigenvalue weighted by Crippen LogP contribution is 2.27. The fraction of sp³-hybridized carbons (Fsp3) is 0.647. The highest BCUT2D eigenvalue weighted by molar-refractivity contribution is 7.89. The van der Waals surface area contributed by atoms with Crippen molar-refractivity contribution in [1.29, 1.82) is 0 Å². The van der Waals surface area contributed by atoms with Crippen LogP contribution in [-0.4, -0.2) is 38.0 Å². The van der Waals surface area contributed by atoms with Gasteiger partial charge in [-0.25, -0.2) is 8.42 Å². The smallest absolute Gasteiger partial charge is 0.243 e. The molecule has 1 aliphatic heterocycles. The third-order valence-corrected chi connectivity index (χ3v) is 6.06. The molecule has 0 radical (unpaired) electrons. The average Bonchev–Trinajstić information content (AvgIpc) is 2.53.